The van der Waals surface area contributed by atoms with Crippen molar-refractivity contribution in [3.63, 3.8) is 0 Å². The fourth-order valence-electron chi connectivity index (χ4n) is 2.57. The number of rotatable bonds is 4. The highest BCUT2D eigenvalue weighted by atomic mass is 19.2. The van der Waals surface area contributed by atoms with Crippen molar-refractivity contribution in [2.75, 3.05) is 25.0 Å². The predicted molar refractivity (Wildman–Crippen MR) is 67.4 cm³/mol. The van der Waals surface area contributed by atoms with Gasteiger partial charge < -0.3 is 5.32 Å². The lowest BCUT2D eigenvalue weighted by atomic mass is 10.0. The molecule has 1 aliphatic heterocycles. The van der Waals surface area contributed by atoms with Gasteiger partial charge in [0.25, 0.3) is 11.9 Å². The molecule has 20 heavy (non-hydrogen) atoms. The molecule has 0 radical (unpaired) electrons. The minimum absolute atomic E-state index is 0.104. The van der Waals surface area contributed by atoms with Gasteiger partial charge in [0.15, 0.2) is 0 Å². The van der Waals surface area contributed by atoms with Crippen molar-refractivity contribution in [2.45, 2.75) is 32.2 Å². The van der Waals surface area contributed by atoms with Crippen LogP contribution in [0.3, 0.4) is 0 Å². The summed E-state index contributed by atoms with van der Waals surface area (Å²) in [7, 11) is 0. The maximum Gasteiger partial charge on any atom is 0.253 e. The molecule has 1 atom stereocenters. The highest BCUT2D eigenvalue weighted by molar-refractivity contribution is 5.45. The maximum atomic E-state index is 13.5. The summed E-state index contributed by atoms with van der Waals surface area (Å²) >= 11 is 0. The number of likely N-dealkylation sites (N-methyl/N-ethyl adjacent to an activating group) is 1. The molecule has 1 aromatic heterocycles. The zero-order valence-electron chi connectivity index (χ0n) is 11.2. The molecule has 1 saturated heterocycles. The monoisotopic (exact) mass is 291 g/mol. The number of hydrogen-bond donors (Lipinski definition) is 1. The van der Waals surface area contributed by atoms with Crippen molar-refractivity contribution < 1.29 is 17.6 Å². The van der Waals surface area contributed by atoms with Crippen LogP contribution < -0.4 is 5.32 Å². The first kappa shape index (κ1) is 15.0. The predicted octanol–water partition coefficient (Wildman–Crippen LogP) is 2.92. The number of hydrogen-bond acceptors (Lipinski definition) is 3. The Morgan fingerprint density at radius 3 is 2.40 bits per heavy atom. The highest BCUT2D eigenvalue weighted by Crippen LogP contribution is 2.23. The van der Waals surface area contributed by atoms with Gasteiger partial charge in [-0.05, 0) is 25.9 Å². The van der Waals surface area contributed by atoms with Crippen LogP contribution in [-0.2, 0) is 0 Å². The zero-order chi connectivity index (χ0) is 14.7. The van der Waals surface area contributed by atoms with Gasteiger partial charge in [0.05, 0.1) is 0 Å². The average molecular weight is 291 g/mol. The van der Waals surface area contributed by atoms with Crippen molar-refractivity contribution in [1.29, 1.82) is 0 Å². The molecule has 2 heterocycles. The molecule has 0 bridgehead atoms. The molecule has 112 valence electrons. The fraction of sp³-hybridized carbons (Fsp3) is 0.615. The highest BCUT2D eigenvalue weighted by Gasteiger charge is 2.24. The zero-order valence-corrected chi connectivity index (χ0v) is 11.2. The Hall–Kier alpha value is -1.37. The lowest BCUT2D eigenvalue weighted by Crippen LogP contribution is -2.43. The van der Waals surface area contributed by atoms with Gasteiger partial charge in [-0.1, -0.05) is 13.3 Å². The van der Waals surface area contributed by atoms with Crippen LogP contribution in [-0.4, -0.2) is 35.6 Å². The Morgan fingerprint density at radius 1 is 1.15 bits per heavy atom. The quantitative estimate of drug-likeness (QED) is 0.683. The van der Waals surface area contributed by atoms with Crippen LogP contribution in [0.5, 0.6) is 0 Å². The first-order valence-corrected chi connectivity index (χ1v) is 6.72. The van der Waals surface area contributed by atoms with Crippen LogP contribution in [0.4, 0.5) is 23.2 Å². The lowest BCUT2D eigenvalue weighted by molar-refractivity contribution is 0.164. The Kier molecular flexibility index (Phi) is 4.80. The number of nitrogens with zero attached hydrogens (tertiary/aromatic N) is 2. The second kappa shape index (κ2) is 6.39. The molecule has 1 unspecified atom stereocenters. The number of aromatic nitrogens is 1. The van der Waals surface area contributed by atoms with Crippen LogP contribution in [0.15, 0.2) is 0 Å². The van der Waals surface area contributed by atoms with Crippen LogP contribution >= 0.6 is 0 Å². The third-order valence-electron chi connectivity index (χ3n) is 3.67. The third kappa shape index (κ3) is 3.03. The van der Waals surface area contributed by atoms with E-state index in [0.29, 0.717) is 0 Å². The number of nitrogens with one attached hydrogen (secondary N) is 1. The molecule has 0 aromatic carbocycles. The lowest BCUT2D eigenvalue weighted by Gasteiger charge is -2.35. The molecular formula is C13H17F4N3. The van der Waals surface area contributed by atoms with E-state index in [1.807, 2.05) is 6.92 Å². The molecule has 0 amide bonds. The summed E-state index contributed by atoms with van der Waals surface area (Å²) < 4.78 is 52.9. The molecule has 1 aliphatic rings. The maximum absolute atomic E-state index is 13.5. The number of pyridine rings is 1. The summed E-state index contributed by atoms with van der Waals surface area (Å²) in [5.74, 6) is -6.24. The van der Waals surface area contributed by atoms with Crippen LogP contribution in [0, 0.1) is 23.5 Å². The van der Waals surface area contributed by atoms with Gasteiger partial charge in [0, 0.05) is 12.6 Å². The van der Waals surface area contributed by atoms with E-state index in [9.17, 15) is 17.6 Å². The standard InChI is InChI=1S/C13H17F4N3/c1-2-20-6-4-3-5-8(20)7-18-11-9(14)12(16)19-13(17)10(11)15/h8H,2-7H2,1H3,(H,18,19). The summed E-state index contributed by atoms with van der Waals surface area (Å²) in [6.07, 6.45) is 3.01. The molecule has 3 nitrogen and oxygen atoms in total. The van der Waals surface area contributed by atoms with E-state index in [4.69, 9.17) is 0 Å². The van der Waals surface area contributed by atoms with Crippen molar-refractivity contribution in [2.24, 2.45) is 0 Å². The fourth-order valence-corrected chi connectivity index (χ4v) is 2.57. The van der Waals surface area contributed by atoms with Crippen LogP contribution in [0.1, 0.15) is 26.2 Å². The summed E-state index contributed by atoms with van der Waals surface area (Å²) in [5.41, 5.74) is -0.781. The van der Waals surface area contributed by atoms with Crippen LogP contribution in [0.2, 0.25) is 0 Å². The normalized spacial score (nSPS) is 20.1. The summed E-state index contributed by atoms with van der Waals surface area (Å²) in [6.45, 7) is 4.00. The molecule has 0 saturated carbocycles. The molecular weight excluding hydrogens is 274 g/mol. The Morgan fingerprint density at radius 2 is 1.80 bits per heavy atom. The summed E-state index contributed by atoms with van der Waals surface area (Å²) in [4.78, 5) is 4.71. The smallest absolute Gasteiger partial charge is 0.253 e. The van der Waals surface area contributed by atoms with E-state index in [1.54, 1.807) is 0 Å². The number of piperidine rings is 1. The van der Waals surface area contributed by atoms with Crippen molar-refractivity contribution in [3.8, 4) is 0 Å². The topological polar surface area (TPSA) is 28.2 Å². The van der Waals surface area contributed by atoms with Gasteiger partial charge in [0.2, 0.25) is 11.6 Å². The van der Waals surface area contributed by atoms with Crippen molar-refractivity contribution >= 4 is 5.69 Å². The largest absolute Gasteiger partial charge is 0.378 e. The molecule has 0 spiro atoms. The second-order valence-corrected chi connectivity index (χ2v) is 4.86. The average Bonchev–Trinajstić information content (AvgIpc) is 2.45. The molecule has 1 fully saturated rings. The van der Waals surface area contributed by atoms with Gasteiger partial charge in [-0.25, -0.2) is 0 Å². The second-order valence-electron chi connectivity index (χ2n) is 4.86. The Bertz CT molecular complexity index is 455. The number of anilines is 1. The molecule has 7 heteroatoms. The van der Waals surface area contributed by atoms with Gasteiger partial charge in [-0.15, -0.1) is 0 Å². The SMILES string of the molecule is CCN1CCCCC1CNc1c(F)c(F)nc(F)c1F. The minimum atomic E-state index is -1.64. The summed E-state index contributed by atoms with van der Waals surface area (Å²) in [6, 6.07) is 0.104. The van der Waals surface area contributed by atoms with Crippen molar-refractivity contribution in [3.05, 3.63) is 23.5 Å². The van der Waals surface area contributed by atoms with E-state index < -0.39 is 29.2 Å². The van der Waals surface area contributed by atoms with Gasteiger partial charge in [0.1, 0.15) is 5.69 Å². The molecule has 0 aliphatic carbocycles. The molecule has 1 aromatic rings. The van der Waals surface area contributed by atoms with E-state index in [1.165, 1.54) is 0 Å². The van der Waals surface area contributed by atoms with Gasteiger partial charge in [-0.3, -0.25) is 4.90 Å². The minimum Gasteiger partial charge on any atom is -0.378 e. The van der Waals surface area contributed by atoms with E-state index >= 15 is 0 Å². The van der Waals surface area contributed by atoms with Crippen LogP contribution in [0.25, 0.3) is 0 Å². The Balaban J connectivity index is 2.10. The molecule has 2 rings (SSSR count). The van der Waals surface area contributed by atoms with E-state index in [2.05, 4.69) is 15.2 Å². The van der Waals surface area contributed by atoms with E-state index in [0.717, 1.165) is 32.4 Å². The number of halogens is 4. The van der Waals surface area contributed by atoms with Gasteiger partial charge >= 0.3 is 0 Å². The first-order valence-electron chi connectivity index (χ1n) is 6.72. The third-order valence-corrected chi connectivity index (χ3v) is 3.67. The van der Waals surface area contributed by atoms with Gasteiger partial charge in [-0.2, -0.15) is 22.5 Å². The first-order chi connectivity index (χ1) is 9.54. The van der Waals surface area contributed by atoms with Crippen molar-refractivity contribution in [1.82, 2.24) is 9.88 Å². The summed E-state index contributed by atoms with van der Waals surface area (Å²) in [5, 5.41) is 2.49. The van der Waals surface area contributed by atoms with E-state index in [-0.39, 0.29) is 12.6 Å². The Labute approximate surface area is 115 Å². The molecule has 1 N–H and O–H groups in total. The number of likely N-dealkylation sites (tertiary alicyclic amines) is 1.